The summed E-state index contributed by atoms with van der Waals surface area (Å²) in [4.78, 5) is 21.3. The number of aromatic nitrogens is 2. The van der Waals surface area contributed by atoms with E-state index in [1.807, 2.05) is 36.7 Å². The largest absolute Gasteiger partial charge is 0.427 e. The number of carbonyl (C=O) groups is 1. The van der Waals surface area contributed by atoms with Gasteiger partial charge in [-0.25, -0.2) is 9.97 Å². The molecular formula is C33H44N2O2. The van der Waals surface area contributed by atoms with Crippen molar-refractivity contribution in [1.29, 1.82) is 0 Å². The van der Waals surface area contributed by atoms with E-state index in [2.05, 4.69) is 55.0 Å². The van der Waals surface area contributed by atoms with Crippen molar-refractivity contribution in [3.8, 4) is 28.3 Å². The SMILES string of the molecule is CCCCCCCCc1ccc(-c2cnc(-c3ccc(OC(=O)CCCC[C@@H](C)CC)cc3)nc2)cc1. The highest BCUT2D eigenvalue weighted by Crippen LogP contribution is 2.23. The molecule has 0 aliphatic heterocycles. The van der Waals surface area contributed by atoms with Gasteiger partial charge in [0.05, 0.1) is 0 Å². The molecule has 3 aromatic rings. The van der Waals surface area contributed by atoms with Crippen LogP contribution in [0.1, 0.15) is 97.0 Å². The summed E-state index contributed by atoms with van der Waals surface area (Å²) >= 11 is 0. The van der Waals surface area contributed by atoms with E-state index in [0.29, 0.717) is 18.0 Å². The standard InChI is InChI=1S/C33H44N2O2/c1-4-6-7-8-9-10-14-27-16-18-28(19-17-27)30-24-34-33(35-25-30)29-20-22-31(23-21-29)37-32(36)15-12-11-13-26(3)5-2/h16-26H,4-15H2,1-3H3/t26-/m0/s1. The number of benzene rings is 2. The first-order valence-electron chi connectivity index (χ1n) is 14.3. The second-order valence-corrected chi connectivity index (χ2v) is 10.3. The minimum atomic E-state index is -0.171. The van der Waals surface area contributed by atoms with Crippen LogP contribution in [0.25, 0.3) is 22.5 Å². The van der Waals surface area contributed by atoms with E-state index in [1.54, 1.807) is 0 Å². The van der Waals surface area contributed by atoms with Crippen molar-refractivity contribution in [3.63, 3.8) is 0 Å². The van der Waals surface area contributed by atoms with Gasteiger partial charge >= 0.3 is 5.97 Å². The average molecular weight is 501 g/mol. The van der Waals surface area contributed by atoms with Gasteiger partial charge in [0.15, 0.2) is 5.82 Å². The summed E-state index contributed by atoms with van der Waals surface area (Å²) in [5.74, 6) is 1.77. The Morgan fingerprint density at radius 3 is 2.08 bits per heavy atom. The number of hydrogen-bond acceptors (Lipinski definition) is 4. The molecule has 1 aromatic heterocycles. The zero-order valence-corrected chi connectivity index (χ0v) is 23.0. The summed E-state index contributed by atoms with van der Waals surface area (Å²) < 4.78 is 5.49. The molecule has 37 heavy (non-hydrogen) atoms. The van der Waals surface area contributed by atoms with Gasteiger partial charge in [0.2, 0.25) is 0 Å². The van der Waals surface area contributed by atoms with Crippen LogP contribution in [-0.2, 0) is 11.2 Å². The first-order valence-corrected chi connectivity index (χ1v) is 14.3. The molecule has 198 valence electrons. The summed E-state index contributed by atoms with van der Waals surface area (Å²) in [5.41, 5.74) is 4.43. The minimum absolute atomic E-state index is 0.171. The van der Waals surface area contributed by atoms with E-state index in [4.69, 9.17) is 4.74 Å². The van der Waals surface area contributed by atoms with Crippen LogP contribution in [-0.4, -0.2) is 15.9 Å². The summed E-state index contributed by atoms with van der Waals surface area (Å²) in [7, 11) is 0. The van der Waals surface area contributed by atoms with Crippen LogP contribution in [0, 0.1) is 5.92 Å². The Labute approximate surface area is 223 Å². The molecule has 0 fully saturated rings. The summed E-state index contributed by atoms with van der Waals surface area (Å²) in [5, 5.41) is 0. The highest BCUT2D eigenvalue weighted by atomic mass is 16.5. The van der Waals surface area contributed by atoms with E-state index in [1.165, 1.54) is 56.9 Å². The quantitative estimate of drug-likeness (QED) is 0.112. The Morgan fingerprint density at radius 1 is 0.757 bits per heavy atom. The van der Waals surface area contributed by atoms with Crippen molar-refractivity contribution in [2.75, 3.05) is 0 Å². The zero-order valence-electron chi connectivity index (χ0n) is 23.0. The third kappa shape index (κ3) is 10.1. The van der Waals surface area contributed by atoms with Gasteiger partial charge in [-0.1, -0.05) is 96.4 Å². The van der Waals surface area contributed by atoms with Crippen molar-refractivity contribution in [3.05, 3.63) is 66.5 Å². The molecule has 0 aliphatic carbocycles. The first-order chi connectivity index (χ1) is 18.1. The van der Waals surface area contributed by atoms with E-state index in [9.17, 15) is 4.79 Å². The molecule has 0 unspecified atom stereocenters. The average Bonchev–Trinajstić information content (AvgIpc) is 2.94. The molecule has 4 heteroatoms. The second kappa shape index (κ2) is 16.0. The number of aryl methyl sites for hydroxylation is 1. The lowest BCUT2D eigenvalue weighted by atomic mass is 10.0. The summed E-state index contributed by atoms with van der Waals surface area (Å²) in [6.07, 6.45) is 17.6. The fraction of sp³-hybridized carbons (Fsp3) is 0.485. The predicted molar refractivity (Wildman–Crippen MR) is 154 cm³/mol. The van der Waals surface area contributed by atoms with Crippen molar-refractivity contribution < 1.29 is 9.53 Å². The van der Waals surface area contributed by atoms with Crippen LogP contribution in [0.15, 0.2) is 60.9 Å². The van der Waals surface area contributed by atoms with Crippen LogP contribution >= 0.6 is 0 Å². The van der Waals surface area contributed by atoms with E-state index in [0.717, 1.165) is 41.9 Å². The molecule has 2 aromatic carbocycles. The molecule has 0 saturated carbocycles. The van der Waals surface area contributed by atoms with Crippen molar-refractivity contribution >= 4 is 5.97 Å². The van der Waals surface area contributed by atoms with E-state index in [-0.39, 0.29) is 5.97 Å². The molecule has 0 aliphatic rings. The third-order valence-corrected chi connectivity index (χ3v) is 7.13. The number of esters is 1. The topological polar surface area (TPSA) is 52.1 Å². The number of ether oxygens (including phenoxy) is 1. The fourth-order valence-corrected chi connectivity index (χ4v) is 4.42. The van der Waals surface area contributed by atoms with Crippen LogP contribution in [0.3, 0.4) is 0 Å². The van der Waals surface area contributed by atoms with Gasteiger partial charge in [-0.3, -0.25) is 4.79 Å². The number of nitrogens with zero attached hydrogens (tertiary/aromatic N) is 2. The van der Waals surface area contributed by atoms with Crippen LogP contribution in [0.2, 0.25) is 0 Å². The molecular weight excluding hydrogens is 456 g/mol. The first kappa shape index (κ1) is 28.6. The lowest BCUT2D eigenvalue weighted by Crippen LogP contribution is -2.07. The Bertz CT molecular complexity index is 1040. The summed E-state index contributed by atoms with van der Waals surface area (Å²) in [6.45, 7) is 6.72. The van der Waals surface area contributed by atoms with Gasteiger partial charge < -0.3 is 4.74 Å². The smallest absolute Gasteiger partial charge is 0.311 e. The maximum absolute atomic E-state index is 12.1. The molecule has 0 spiro atoms. The molecule has 0 radical (unpaired) electrons. The van der Waals surface area contributed by atoms with Crippen molar-refractivity contribution in [2.45, 2.75) is 97.8 Å². The highest BCUT2D eigenvalue weighted by molar-refractivity contribution is 5.72. The summed E-state index contributed by atoms with van der Waals surface area (Å²) in [6, 6.07) is 16.2. The zero-order chi connectivity index (χ0) is 26.3. The third-order valence-electron chi connectivity index (χ3n) is 7.13. The van der Waals surface area contributed by atoms with Crippen molar-refractivity contribution in [1.82, 2.24) is 9.97 Å². The maximum atomic E-state index is 12.1. The number of unbranched alkanes of at least 4 members (excludes halogenated alkanes) is 6. The Morgan fingerprint density at radius 2 is 1.41 bits per heavy atom. The molecule has 3 rings (SSSR count). The van der Waals surface area contributed by atoms with Gasteiger partial charge in [-0.2, -0.15) is 0 Å². The predicted octanol–water partition coefficient (Wildman–Crippen LogP) is 9.23. The molecule has 1 atom stereocenters. The molecule has 4 nitrogen and oxygen atoms in total. The Balaban J connectivity index is 1.46. The van der Waals surface area contributed by atoms with Crippen LogP contribution in [0.4, 0.5) is 0 Å². The monoisotopic (exact) mass is 500 g/mol. The molecule has 0 amide bonds. The molecule has 0 N–H and O–H groups in total. The number of carbonyl (C=O) groups excluding carboxylic acids is 1. The van der Waals surface area contributed by atoms with E-state index >= 15 is 0 Å². The Kier molecular flexibility index (Phi) is 12.3. The highest BCUT2D eigenvalue weighted by Gasteiger charge is 2.08. The van der Waals surface area contributed by atoms with Gasteiger partial charge in [-0.15, -0.1) is 0 Å². The minimum Gasteiger partial charge on any atom is -0.427 e. The Hall–Kier alpha value is -3.01. The fourth-order valence-electron chi connectivity index (χ4n) is 4.42. The number of rotatable bonds is 16. The van der Waals surface area contributed by atoms with Crippen molar-refractivity contribution in [2.24, 2.45) is 5.92 Å². The van der Waals surface area contributed by atoms with Gasteiger partial charge in [-0.05, 0) is 60.6 Å². The lowest BCUT2D eigenvalue weighted by molar-refractivity contribution is -0.134. The maximum Gasteiger partial charge on any atom is 0.311 e. The molecule has 1 heterocycles. The second-order valence-electron chi connectivity index (χ2n) is 10.3. The molecule has 0 saturated heterocycles. The van der Waals surface area contributed by atoms with Gasteiger partial charge in [0.25, 0.3) is 0 Å². The lowest BCUT2D eigenvalue weighted by Gasteiger charge is -2.08. The van der Waals surface area contributed by atoms with Gasteiger partial charge in [0, 0.05) is 29.9 Å². The van der Waals surface area contributed by atoms with Crippen LogP contribution in [0.5, 0.6) is 5.75 Å². The van der Waals surface area contributed by atoms with E-state index < -0.39 is 0 Å². The van der Waals surface area contributed by atoms with Gasteiger partial charge in [0.1, 0.15) is 5.75 Å². The number of hydrogen-bond donors (Lipinski definition) is 0. The van der Waals surface area contributed by atoms with Crippen LogP contribution < -0.4 is 4.74 Å². The normalized spacial score (nSPS) is 11.9. The molecule has 0 bridgehead atoms.